The summed E-state index contributed by atoms with van der Waals surface area (Å²) in [7, 11) is 1.61. The van der Waals surface area contributed by atoms with Gasteiger partial charge in [0.2, 0.25) is 11.1 Å². The van der Waals surface area contributed by atoms with Crippen LogP contribution in [0.3, 0.4) is 0 Å². The number of carbonyl (C=O) groups excluding carboxylic acids is 1. The van der Waals surface area contributed by atoms with Crippen molar-refractivity contribution >= 4 is 45.2 Å². The predicted molar refractivity (Wildman–Crippen MR) is 187 cm³/mol. The zero-order chi connectivity index (χ0) is 33.0. The van der Waals surface area contributed by atoms with Crippen LogP contribution in [0.15, 0.2) is 81.6 Å². The number of para-hydroxylation sites is 2. The summed E-state index contributed by atoms with van der Waals surface area (Å²) >= 11 is 5.27. The summed E-state index contributed by atoms with van der Waals surface area (Å²) in [5.74, 6) is 2.77. The minimum Gasteiger partial charge on any atom is -0.493 e. The number of allylic oxidation sites excluding steroid dienone is 1. The van der Waals surface area contributed by atoms with Gasteiger partial charge in [-0.3, -0.25) is 4.79 Å². The molecule has 3 aromatic carbocycles. The molecule has 0 saturated heterocycles. The number of halogens is 1. The van der Waals surface area contributed by atoms with Gasteiger partial charge in [-0.15, -0.1) is 5.10 Å². The van der Waals surface area contributed by atoms with Crippen LogP contribution >= 0.6 is 27.7 Å². The third-order valence-corrected chi connectivity index (χ3v) is 8.87. The fourth-order valence-electron chi connectivity index (χ4n) is 5.26. The summed E-state index contributed by atoms with van der Waals surface area (Å²) in [5, 5.41) is 11.8. The van der Waals surface area contributed by atoms with Crippen LogP contribution < -0.4 is 24.8 Å². The molecule has 4 aromatic rings. The van der Waals surface area contributed by atoms with Crippen molar-refractivity contribution in [2.75, 3.05) is 30.1 Å². The normalized spacial score (nSPS) is 14.4. The third-order valence-electron chi connectivity index (χ3n) is 7.56. The second kappa shape index (κ2) is 14.2. The number of benzene rings is 3. The Hall–Kier alpha value is -3.96. The molecule has 2 N–H and O–H groups in total. The van der Waals surface area contributed by atoms with E-state index in [9.17, 15) is 4.79 Å². The molecule has 1 aliphatic rings. The Labute approximate surface area is 283 Å². The largest absolute Gasteiger partial charge is 0.493 e. The second-order valence-corrected chi connectivity index (χ2v) is 13.9. The second-order valence-electron chi connectivity index (χ2n) is 11.8. The first kappa shape index (κ1) is 33.4. The number of hydrogen-bond acceptors (Lipinski definition) is 8. The zero-order valence-electron chi connectivity index (χ0n) is 27.2. The van der Waals surface area contributed by atoms with Crippen LogP contribution in [-0.4, -0.2) is 40.1 Å². The van der Waals surface area contributed by atoms with Crippen molar-refractivity contribution in [3.8, 4) is 17.2 Å². The van der Waals surface area contributed by atoms with Crippen molar-refractivity contribution in [1.82, 2.24) is 14.8 Å². The van der Waals surface area contributed by atoms with Gasteiger partial charge in [0.15, 0.2) is 11.5 Å². The molecule has 0 bridgehead atoms. The van der Waals surface area contributed by atoms with E-state index in [0.717, 1.165) is 16.9 Å². The van der Waals surface area contributed by atoms with Crippen molar-refractivity contribution in [1.29, 1.82) is 0 Å². The molecule has 0 radical (unpaired) electrons. The van der Waals surface area contributed by atoms with Crippen LogP contribution in [0.2, 0.25) is 0 Å². The van der Waals surface area contributed by atoms with Gasteiger partial charge >= 0.3 is 0 Å². The lowest BCUT2D eigenvalue weighted by Crippen LogP contribution is -2.31. The standard InChI is InChI=1S/C35H40BrN5O4S/c1-8-44-27-13-11-10-12-26(27)38-32(42)29-21(3)37-33-39-34(46-9-2)40-41(33)30(29)23-18-25(36)31(28(19-23)43-7)45-20-22-14-16-24(17-15-22)35(4,5)6/h10-19,30H,8-9,20H2,1-7H3,(H,38,42)(H,37,39,40). The van der Waals surface area contributed by atoms with E-state index in [1.54, 1.807) is 11.8 Å². The van der Waals surface area contributed by atoms with E-state index in [-0.39, 0.29) is 11.3 Å². The number of anilines is 2. The highest BCUT2D eigenvalue weighted by Gasteiger charge is 2.36. The van der Waals surface area contributed by atoms with Crippen LogP contribution in [0.4, 0.5) is 11.6 Å². The van der Waals surface area contributed by atoms with E-state index < -0.39 is 6.04 Å². The molecule has 1 aromatic heterocycles. The minimum atomic E-state index is -0.613. The van der Waals surface area contributed by atoms with Gasteiger partial charge in [-0.05, 0) is 81.9 Å². The summed E-state index contributed by atoms with van der Waals surface area (Å²) in [5.41, 5.74) is 4.88. The molecule has 9 nitrogen and oxygen atoms in total. The maximum Gasteiger partial charge on any atom is 0.255 e. The highest BCUT2D eigenvalue weighted by molar-refractivity contribution is 9.10. The monoisotopic (exact) mass is 705 g/mol. The van der Waals surface area contributed by atoms with E-state index in [1.807, 2.05) is 57.2 Å². The molecule has 0 fully saturated rings. The molecule has 2 heterocycles. The van der Waals surface area contributed by atoms with Gasteiger partial charge in [-0.25, -0.2) is 4.68 Å². The molecule has 0 spiro atoms. The van der Waals surface area contributed by atoms with Crippen LogP contribution in [0.1, 0.15) is 64.3 Å². The Morgan fingerprint density at radius 1 is 1.07 bits per heavy atom. The van der Waals surface area contributed by atoms with Crippen LogP contribution in [0, 0.1) is 0 Å². The van der Waals surface area contributed by atoms with E-state index in [2.05, 4.69) is 71.6 Å². The Morgan fingerprint density at radius 2 is 1.80 bits per heavy atom. The first-order valence-corrected chi connectivity index (χ1v) is 17.0. The minimum absolute atomic E-state index is 0.0747. The van der Waals surface area contributed by atoms with Crippen molar-refractivity contribution in [3.63, 3.8) is 0 Å². The van der Waals surface area contributed by atoms with Crippen LogP contribution in [0.5, 0.6) is 17.2 Å². The van der Waals surface area contributed by atoms with Gasteiger partial charge in [-0.2, -0.15) is 4.98 Å². The van der Waals surface area contributed by atoms with Crippen molar-refractivity contribution in [2.45, 2.75) is 64.8 Å². The molecular formula is C35H40BrN5O4S. The SMILES string of the molecule is CCOc1ccccc1NC(=O)C1=C(C)Nc2nc(SCC)nn2C1c1cc(Br)c(OCc2ccc(C(C)(C)C)cc2)c(OC)c1. The Morgan fingerprint density at radius 3 is 2.48 bits per heavy atom. The maximum absolute atomic E-state index is 14.1. The summed E-state index contributed by atoms with van der Waals surface area (Å²) in [4.78, 5) is 18.8. The average Bonchev–Trinajstić information content (AvgIpc) is 3.42. The number of aromatic nitrogens is 3. The molecule has 242 valence electrons. The lowest BCUT2D eigenvalue weighted by atomic mass is 9.87. The summed E-state index contributed by atoms with van der Waals surface area (Å²) in [6.45, 7) is 13.3. The highest BCUT2D eigenvalue weighted by atomic mass is 79.9. The van der Waals surface area contributed by atoms with E-state index in [0.29, 0.717) is 63.0 Å². The lowest BCUT2D eigenvalue weighted by Gasteiger charge is -2.29. The first-order chi connectivity index (χ1) is 22.0. The number of ether oxygens (including phenoxy) is 3. The molecule has 1 unspecified atom stereocenters. The Kier molecular flexibility index (Phi) is 10.3. The summed E-state index contributed by atoms with van der Waals surface area (Å²) in [6.07, 6.45) is 0. The first-order valence-electron chi connectivity index (χ1n) is 15.2. The van der Waals surface area contributed by atoms with Gasteiger partial charge in [0.1, 0.15) is 18.4 Å². The molecule has 5 rings (SSSR count). The number of rotatable bonds is 11. The van der Waals surface area contributed by atoms with Gasteiger partial charge in [0, 0.05) is 5.70 Å². The Balaban J connectivity index is 1.51. The molecule has 1 aliphatic heterocycles. The number of nitrogens with one attached hydrogen (secondary N) is 2. The fourth-order valence-corrected chi connectivity index (χ4v) is 6.39. The number of nitrogens with zero attached hydrogens (tertiary/aromatic N) is 3. The lowest BCUT2D eigenvalue weighted by molar-refractivity contribution is -0.113. The van der Waals surface area contributed by atoms with Crippen LogP contribution in [-0.2, 0) is 16.8 Å². The topological polar surface area (TPSA) is 99.5 Å². The predicted octanol–water partition coefficient (Wildman–Crippen LogP) is 8.36. The van der Waals surface area contributed by atoms with E-state index in [4.69, 9.17) is 24.3 Å². The summed E-state index contributed by atoms with van der Waals surface area (Å²) in [6, 6.07) is 19.1. The molecule has 46 heavy (non-hydrogen) atoms. The fraction of sp³-hybridized carbons (Fsp3) is 0.343. The quantitative estimate of drug-likeness (QED) is 0.150. The average molecular weight is 707 g/mol. The molecule has 1 atom stereocenters. The van der Waals surface area contributed by atoms with Crippen molar-refractivity contribution in [3.05, 3.63) is 93.1 Å². The van der Waals surface area contributed by atoms with Crippen molar-refractivity contribution < 1.29 is 19.0 Å². The van der Waals surface area contributed by atoms with Crippen molar-refractivity contribution in [2.24, 2.45) is 0 Å². The molecule has 0 saturated carbocycles. The highest BCUT2D eigenvalue weighted by Crippen LogP contribution is 2.44. The van der Waals surface area contributed by atoms with Crippen LogP contribution in [0.25, 0.3) is 0 Å². The molecule has 11 heteroatoms. The number of amides is 1. The number of hydrogen-bond donors (Lipinski definition) is 2. The van der Waals surface area contributed by atoms with Gasteiger partial charge in [0.25, 0.3) is 5.91 Å². The van der Waals surface area contributed by atoms with Gasteiger partial charge in [0.05, 0.1) is 29.4 Å². The molecule has 0 aliphatic carbocycles. The van der Waals surface area contributed by atoms with Gasteiger partial charge in [-0.1, -0.05) is 75.9 Å². The maximum atomic E-state index is 14.1. The molecule has 1 amide bonds. The zero-order valence-corrected chi connectivity index (χ0v) is 29.6. The summed E-state index contributed by atoms with van der Waals surface area (Å²) < 4.78 is 20.4. The smallest absolute Gasteiger partial charge is 0.255 e. The number of carbonyl (C=O) groups is 1. The van der Waals surface area contributed by atoms with E-state index >= 15 is 0 Å². The number of fused-ring (bicyclic) bond motifs is 1. The van der Waals surface area contributed by atoms with Gasteiger partial charge < -0.3 is 24.8 Å². The number of thioether (sulfide) groups is 1. The van der Waals surface area contributed by atoms with E-state index in [1.165, 1.54) is 17.3 Å². The third kappa shape index (κ3) is 7.20. The Bertz CT molecular complexity index is 1750. The molecular weight excluding hydrogens is 666 g/mol. The number of methoxy groups -OCH3 is 1.